The quantitative estimate of drug-likeness (QED) is 0.296. The van der Waals surface area contributed by atoms with Gasteiger partial charge in [0.2, 0.25) is 0 Å². The van der Waals surface area contributed by atoms with Gasteiger partial charge in [0.25, 0.3) is 5.91 Å². The topological polar surface area (TPSA) is 82.2 Å². The van der Waals surface area contributed by atoms with Gasteiger partial charge in [0.1, 0.15) is 23.1 Å². The van der Waals surface area contributed by atoms with Crippen molar-refractivity contribution in [3.8, 4) is 5.75 Å². The Labute approximate surface area is 211 Å². The number of hydrogen-bond acceptors (Lipinski definition) is 5. The van der Waals surface area contributed by atoms with Gasteiger partial charge in [-0.3, -0.25) is 9.48 Å². The molecule has 7 nitrogen and oxygen atoms in total. The third-order valence-electron chi connectivity index (χ3n) is 5.25. The van der Waals surface area contributed by atoms with Gasteiger partial charge in [0.15, 0.2) is 11.5 Å². The molecule has 4 aromatic rings. The van der Waals surface area contributed by atoms with E-state index in [0.717, 1.165) is 16.9 Å². The molecule has 0 saturated carbocycles. The van der Waals surface area contributed by atoms with Gasteiger partial charge < -0.3 is 14.6 Å². The summed E-state index contributed by atoms with van der Waals surface area (Å²) < 4.78 is 12.8. The molecular weight excluding hydrogens is 499 g/mol. The highest BCUT2D eigenvalue weighted by atomic mass is 35.5. The Morgan fingerprint density at radius 1 is 1.06 bits per heavy atom. The molecule has 4 rings (SSSR count). The van der Waals surface area contributed by atoms with Crippen LogP contribution in [0.3, 0.4) is 0 Å². The van der Waals surface area contributed by atoms with E-state index in [1.807, 2.05) is 32.0 Å². The summed E-state index contributed by atoms with van der Waals surface area (Å²) in [6.45, 7) is 6.07. The Morgan fingerprint density at radius 3 is 2.53 bits per heavy atom. The number of anilines is 1. The predicted molar refractivity (Wildman–Crippen MR) is 132 cm³/mol. The van der Waals surface area contributed by atoms with Crippen LogP contribution in [0.1, 0.15) is 38.5 Å². The SMILES string of the molecule is Cc1ccc(C)c(OCc2c(C(=O)Nc3nn(Cc4c(Cl)cccc4Cl)cc3Cl)noc2C)c1. The minimum Gasteiger partial charge on any atom is -0.488 e. The van der Waals surface area contributed by atoms with Crippen molar-refractivity contribution in [1.82, 2.24) is 14.9 Å². The third-order valence-corrected chi connectivity index (χ3v) is 6.23. The third kappa shape index (κ3) is 5.22. The summed E-state index contributed by atoms with van der Waals surface area (Å²) in [5.74, 6) is 0.878. The van der Waals surface area contributed by atoms with E-state index in [1.165, 1.54) is 0 Å². The minimum atomic E-state index is -0.514. The van der Waals surface area contributed by atoms with Gasteiger partial charge in [-0.25, -0.2) is 0 Å². The Bertz CT molecular complexity index is 1340. The van der Waals surface area contributed by atoms with E-state index in [2.05, 4.69) is 15.6 Å². The standard InChI is InChI=1S/C24H21Cl3N4O3/c1-13-7-8-14(2)21(9-13)33-12-17-15(3)34-30-22(17)24(32)28-23-20(27)11-31(29-23)10-16-18(25)5-4-6-19(16)26/h4-9,11H,10,12H2,1-3H3,(H,28,29,32). The van der Waals surface area contributed by atoms with Gasteiger partial charge in [-0.05, 0) is 50.1 Å². The number of amides is 1. The molecule has 0 aliphatic carbocycles. The molecule has 0 atom stereocenters. The fourth-order valence-corrected chi connectivity index (χ4v) is 4.04. The summed E-state index contributed by atoms with van der Waals surface area (Å²) in [6.07, 6.45) is 1.58. The van der Waals surface area contributed by atoms with Crippen LogP contribution in [-0.2, 0) is 13.2 Å². The average molecular weight is 520 g/mol. The maximum Gasteiger partial charge on any atom is 0.279 e. The summed E-state index contributed by atoms with van der Waals surface area (Å²) in [5, 5.41) is 12.2. The second-order valence-electron chi connectivity index (χ2n) is 7.80. The monoisotopic (exact) mass is 518 g/mol. The number of hydrogen-bond donors (Lipinski definition) is 1. The number of carbonyl (C=O) groups is 1. The average Bonchev–Trinajstić information content (AvgIpc) is 3.33. The van der Waals surface area contributed by atoms with Crippen LogP contribution >= 0.6 is 34.8 Å². The van der Waals surface area contributed by atoms with Crippen LogP contribution in [0.25, 0.3) is 0 Å². The highest BCUT2D eigenvalue weighted by Gasteiger charge is 2.23. The Balaban J connectivity index is 1.50. The van der Waals surface area contributed by atoms with Crippen molar-refractivity contribution in [2.75, 3.05) is 5.32 Å². The molecule has 34 heavy (non-hydrogen) atoms. The second-order valence-corrected chi connectivity index (χ2v) is 9.02. The number of nitrogens with one attached hydrogen (secondary N) is 1. The maximum atomic E-state index is 13.0. The van der Waals surface area contributed by atoms with Gasteiger partial charge in [-0.15, -0.1) is 0 Å². The summed E-state index contributed by atoms with van der Waals surface area (Å²) in [7, 11) is 0. The molecule has 2 aromatic heterocycles. The van der Waals surface area contributed by atoms with E-state index < -0.39 is 5.91 Å². The van der Waals surface area contributed by atoms with Crippen LogP contribution in [-0.4, -0.2) is 20.8 Å². The normalized spacial score (nSPS) is 11.0. The number of carbonyl (C=O) groups excluding carboxylic acids is 1. The molecule has 0 radical (unpaired) electrons. The highest BCUT2D eigenvalue weighted by molar-refractivity contribution is 6.36. The molecule has 1 N–H and O–H groups in total. The smallest absolute Gasteiger partial charge is 0.279 e. The number of nitrogens with zero attached hydrogens (tertiary/aromatic N) is 3. The van der Waals surface area contributed by atoms with Gasteiger partial charge in [-0.2, -0.15) is 5.10 Å². The lowest BCUT2D eigenvalue weighted by molar-refractivity contribution is 0.101. The van der Waals surface area contributed by atoms with Crippen molar-refractivity contribution in [3.63, 3.8) is 0 Å². The zero-order valence-electron chi connectivity index (χ0n) is 18.7. The van der Waals surface area contributed by atoms with Crippen molar-refractivity contribution in [2.24, 2.45) is 0 Å². The van der Waals surface area contributed by atoms with E-state index in [9.17, 15) is 4.79 Å². The second kappa shape index (κ2) is 10.1. The molecule has 0 unspecified atom stereocenters. The molecule has 10 heteroatoms. The molecular formula is C24H21Cl3N4O3. The van der Waals surface area contributed by atoms with Crippen molar-refractivity contribution in [3.05, 3.63) is 91.4 Å². The highest BCUT2D eigenvalue weighted by Crippen LogP contribution is 2.28. The first-order valence-electron chi connectivity index (χ1n) is 10.4. The molecule has 0 aliphatic rings. The fourth-order valence-electron chi connectivity index (χ4n) is 3.33. The number of halogens is 3. The number of ether oxygens (including phenoxy) is 1. The van der Waals surface area contributed by atoms with Crippen molar-refractivity contribution in [1.29, 1.82) is 0 Å². The number of aromatic nitrogens is 3. The van der Waals surface area contributed by atoms with Crippen LogP contribution in [0.15, 0.2) is 47.1 Å². The van der Waals surface area contributed by atoms with Gasteiger partial charge in [0, 0.05) is 21.8 Å². The van der Waals surface area contributed by atoms with E-state index in [1.54, 1.807) is 36.0 Å². The summed E-state index contributed by atoms with van der Waals surface area (Å²) in [6, 6.07) is 11.2. The van der Waals surface area contributed by atoms with Crippen molar-refractivity contribution >= 4 is 46.5 Å². The molecule has 0 spiro atoms. The van der Waals surface area contributed by atoms with E-state index in [0.29, 0.717) is 26.9 Å². The number of benzene rings is 2. The lowest BCUT2D eigenvalue weighted by Gasteiger charge is -2.10. The van der Waals surface area contributed by atoms with Crippen LogP contribution in [0.5, 0.6) is 5.75 Å². The summed E-state index contributed by atoms with van der Waals surface area (Å²) >= 11 is 18.8. The van der Waals surface area contributed by atoms with Gasteiger partial charge in [0.05, 0.1) is 12.1 Å². The van der Waals surface area contributed by atoms with Crippen molar-refractivity contribution < 1.29 is 14.1 Å². The summed E-state index contributed by atoms with van der Waals surface area (Å²) in [4.78, 5) is 13.0. The molecule has 0 fully saturated rings. The van der Waals surface area contributed by atoms with Gasteiger partial charge >= 0.3 is 0 Å². The molecule has 0 bridgehead atoms. The molecule has 176 valence electrons. The molecule has 1 amide bonds. The Kier molecular flexibility index (Phi) is 7.16. The molecule has 0 saturated heterocycles. The molecule has 2 aromatic carbocycles. The van der Waals surface area contributed by atoms with Crippen LogP contribution < -0.4 is 10.1 Å². The summed E-state index contributed by atoms with van der Waals surface area (Å²) in [5.41, 5.74) is 3.39. The fraction of sp³-hybridized carbons (Fsp3) is 0.208. The maximum absolute atomic E-state index is 13.0. The number of aryl methyl sites for hydroxylation is 3. The first-order valence-corrected chi connectivity index (χ1v) is 11.5. The lowest BCUT2D eigenvalue weighted by Crippen LogP contribution is -2.16. The minimum absolute atomic E-state index is 0.0996. The van der Waals surface area contributed by atoms with E-state index in [4.69, 9.17) is 44.1 Å². The van der Waals surface area contributed by atoms with E-state index in [-0.39, 0.29) is 29.7 Å². The zero-order chi connectivity index (χ0) is 24.4. The Morgan fingerprint density at radius 2 is 1.79 bits per heavy atom. The zero-order valence-corrected chi connectivity index (χ0v) is 20.9. The van der Waals surface area contributed by atoms with Crippen LogP contribution in [0.4, 0.5) is 5.82 Å². The largest absolute Gasteiger partial charge is 0.488 e. The van der Waals surface area contributed by atoms with Crippen LogP contribution in [0.2, 0.25) is 15.1 Å². The Hall–Kier alpha value is -3.00. The first kappa shape index (κ1) is 24.1. The predicted octanol–water partition coefficient (Wildman–Crippen LogP) is 6.64. The van der Waals surface area contributed by atoms with Gasteiger partial charge in [-0.1, -0.05) is 58.2 Å². The number of rotatable bonds is 7. The molecule has 0 aliphatic heterocycles. The lowest BCUT2D eigenvalue weighted by atomic mass is 10.1. The first-order chi connectivity index (χ1) is 16.2. The van der Waals surface area contributed by atoms with Crippen molar-refractivity contribution in [2.45, 2.75) is 33.9 Å². The molecule has 2 heterocycles. The van der Waals surface area contributed by atoms with E-state index >= 15 is 0 Å². The van der Waals surface area contributed by atoms with Crippen LogP contribution in [0, 0.1) is 20.8 Å².